The van der Waals surface area contributed by atoms with Crippen molar-refractivity contribution in [2.24, 2.45) is 0 Å². The maximum Gasteiger partial charge on any atom is 0.142 e. The fraction of sp³-hybridized carbons (Fsp3) is 0.467. The van der Waals surface area contributed by atoms with E-state index in [0.29, 0.717) is 5.92 Å². The van der Waals surface area contributed by atoms with E-state index in [1.54, 1.807) is 6.07 Å². The predicted octanol–water partition coefficient (Wildman–Crippen LogP) is 1.48. The molecule has 2 heterocycles. The summed E-state index contributed by atoms with van der Waals surface area (Å²) < 4.78 is 15.9. The van der Waals surface area contributed by atoms with Crippen LogP contribution in [0.25, 0.3) is 10.9 Å². The van der Waals surface area contributed by atoms with E-state index < -0.39 is 0 Å². The van der Waals surface area contributed by atoms with E-state index in [2.05, 4.69) is 9.88 Å². The number of hydrogen-bond donors (Lipinski definition) is 2. The van der Waals surface area contributed by atoms with Crippen molar-refractivity contribution < 1.29 is 14.8 Å². The molecular formula is C15H18FN2O+. The first-order chi connectivity index (χ1) is 9.25. The summed E-state index contributed by atoms with van der Waals surface area (Å²) in [4.78, 5) is 0. The van der Waals surface area contributed by atoms with Gasteiger partial charge in [0.05, 0.1) is 25.2 Å². The van der Waals surface area contributed by atoms with Crippen molar-refractivity contribution in [2.75, 3.05) is 13.1 Å². The second kappa shape index (κ2) is 3.97. The van der Waals surface area contributed by atoms with Gasteiger partial charge in [-0.3, -0.25) is 0 Å². The molecular weight excluding hydrogens is 243 g/mol. The van der Waals surface area contributed by atoms with Gasteiger partial charge in [-0.2, -0.15) is 0 Å². The van der Waals surface area contributed by atoms with Crippen molar-refractivity contribution in [1.29, 1.82) is 0 Å². The molecule has 0 bridgehead atoms. The Bertz CT molecular complexity index is 658. The van der Waals surface area contributed by atoms with Crippen molar-refractivity contribution in [3.63, 3.8) is 0 Å². The summed E-state index contributed by atoms with van der Waals surface area (Å²) in [6.07, 6.45) is 3.42. The van der Waals surface area contributed by atoms with Gasteiger partial charge in [-0.05, 0) is 30.4 Å². The van der Waals surface area contributed by atoms with E-state index in [0.717, 1.165) is 37.0 Å². The number of fused-ring (bicyclic) bond motifs is 3. The summed E-state index contributed by atoms with van der Waals surface area (Å²) in [5, 5.41) is 13.4. The second-order valence-electron chi connectivity index (χ2n) is 5.72. The second-order valence-corrected chi connectivity index (χ2v) is 5.72. The van der Waals surface area contributed by atoms with Crippen LogP contribution in [0.5, 0.6) is 5.75 Å². The molecule has 1 fully saturated rings. The lowest BCUT2D eigenvalue weighted by atomic mass is 10.0. The largest absolute Gasteiger partial charge is 0.506 e. The number of rotatable bonds is 1. The highest BCUT2D eigenvalue weighted by atomic mass is 19.1. The van der Waals surface area contributed by atoms with Crippen molar-refractivity contribution in [3.8, 4) is 5.75 Å². The number of hydrogen-bond acceptors (Lipinski definition) is 1. The van der Waals surface area contributed by atoms with Gasteiger partial charge in [0.1, 0.15) is 11.6 Å². The molecule has 4 heteroatoms. The Labute approximate surface area is 111 Å². The Morgan fingerprint density at radius 1 is 1.26 bits per heavy atom. The fourth-order valence-corrected chi connectivity index (χ4v) is 3.46. The third-order valence-corrected chi connectivity index (χ3v) is 4.38. The van der Waals surface area contributed by atoms with Gasteiger partial charge in [0, 0.05) is 23.6 Å². The molecule has 1 saturated carbocycles. The minimum Gasteiger partial charge on any atom is -0.506 e. The van der Waals surface area contributed by atoms with E-state index >= 15 is 0 Å². The predicted molar refractivity (Wildman–Crippen MR) is 70.9 cm³/mol. The molecule has 0 unspecified atom stereocenters. The van der Waals surface area contributed by atoms with E-state index in [1.165, 1.54) is 30.2 Å². The number of nitrogens with two attached hydrogens (primary N) is 1. The standard InChI is InChI=1S/C15H17FN2O/c16-10-7-11-14(9-1-2-9)12-3-4-17-5-6-18(12)15(11)13(19)8-10/h7-9,17,19H,1-6H2/p+1. The Balaban J connectivity index is 2.08. The number of halogens is 1. The van der Waals surface area contributed by atoms with Crippen molar-refractivity contribution in [2.45, 2.75) is 31.7 Å². The van der Waals surface area contributed by atoms with Crippen LogP contribution in [-0.4, -0.2) is 22.8 Å². The molecule has 19 heavy (non-hydrogen) atoms. The lowest BCUT2D eigenvalue weighted by Crippen LogP contribution is -2.84. The van der Waals surface area contributed by atoms with Crippen LogP contribution >= 0.6 is 0 Å². The zero-order valence-electron chi connectivity index (χ0n) is 10.8. The first kappa shape index (κ1) is 11.3. The summed E-state index contributed by atoms with van der Waals surface area (Å²) in [6.45, 7) is 3.01. The monoisotopic (exact) mass is 261 g/mol. The SMILES string of the molecule is Oc1cc(F)cc2c(C3CC3)c3n(c12)CC[NH2+]CC3. The maximum atomic E-state index is 13.6. The van der Waals surface area contributed by atoms with Gasteiger partial charge in [0.15, 0.2) is 0 Å². The molecule has 1 aromatic carbocycles. The molecule has 100 valence electrons. The first-order valence-electron chi connectivity index (χ1n) is 7.11. The highest BCUT2D eigenvalue weighted by molar-refractivity contribution is 5.91. The molecule has 2 aromatic rings. The van der Waals surface area contributed by atoms with Gasteiger partial charge in [-0.15, -0.1) is 0 Å². The van der Waals surface area contributed by atoms with Crippen molar-refractivity contribution in [3.05, 3.63) is 29.2 Å². The van der Waals surface area contributed by atoms with Gasteiger partial charge >= 0.3 is 0 Å². The molecule has 3 nitrogen and oxygen atoms in total. The summed E-state index contributed by atoms with van der Waals surface area (Å²) in [5.41, 5.74) is 3.47. The van der Waals surface area contributed by atoms with Crippen LogP contribution in [0.15, 0.2) is 12.1 Å². The molecule has 4 rings (SSSR count). The smallest absolute Gasteiger partial charge is 0.142 e. The van der Waals surface area contributed by atoms with Crippen molar-refractivity contribution in [1.82, 2.24) is 4.57 Å². The number of phenols is 1. The lowest BCUT2D eigenvalue weighted by molar-refractivity contribution is -0.653. The van der Waals surface area contributed by atoms with E-state index in [-0.39, 0.29) is 11.6 Å². The van der Waals surface area contributed by atoms with Gasteiger partial charge in [-0.25, -0.2) is 4.39 Å². The normalized spacial score (nSPS) is 19.4. The number of aromatic nitrogens is 1. The minimum absolute atomic E-state index is 0.0880. The Morgan fingerprint density at radius 2 is 2.11 bits per heavy atom. The van der Waals surface area contributed by atoms with E-state index in [1.807, 2.05) is 0 Å². The molecule has 3 N–H and O–H groups in total. The zero-order chi connectivity index (χ0) is 13.0. The average molecular weight is 261 g/mol. The Kier molecular flexibility index (Phi) is 2.36. The highest BCUT2D eigenvalue weighted by Gasteiger charge is 2.33. The van der Waals surface area contributed by atoms with Gasteiger partial charge in [0.25, 0.3) is 0 Å². The van der Waals surface area contributed by atoms with Crippen LogP contribution in [0.3, 0.4) is 0 Å². The summed E-state index contributed by atoms with van der Waals surface area (Å²) >= 11 is 0. The number of benzene rings is 1. The van der Waals surface area contributed by atoms with E-state index in [4.69, 9.17) is 0 Å². The van der Waals surface area contributed by atoms with E-state index in [9.17, 15) is 9.50 Å². The quantitative estimate of drug-likeness (QED) is 0.802. The molecule has 1 aliphatic carbocycles. The molecule has 0 spiro atoms. The molecule has 1 aromatic heterocycles. The highest BCUT2D eigenvalue weighted by Crippen LogP contribution is 2.47. The molecule has 1 aliphatic heterocycles. The maximum absolute atomic E-state index is 13.6. The van der Waals surface area contributed by atoms with Gasteiger partial charge in [0.2, 0.25) is 0 Å². The first-order valence-corrected chi connectivity index (χ1v) is 7.11. The van der Waals surface area contributed by atoms with Crippen molar-refractivity contribution >= 4 is 10.9 Å². The van der Waals surface area contributed by atoms with Gasteiger partial charge < -0.3 is 15.0 Å². The molecule has 0 radical (unpaired) electrons. The topological polar surface area (TPSA) is 41.8 Å². The Hall–Kier alpha value is -1.55. The molecule has 0 atom stereocenters. The summed E-state index contributed by atoms with van der Waals surface area (Å²) in [5.74, 6) is 0.335. The zero-order valence-corrected chi connectivity index (χ0v) is 10.8. The number of nitrogens with zero attached hydrogens (tertiary/aromatic N) is 1. The third-order valence-electron chi connectivity index (χ3n) is 4.38. The van der Waals surface area contributed by atoms with Crippen LogP contribution < -0.4 is 5.32 Å². The lowest BCUT2D eigenvalue weighted by Gasteiger charge is -2.06. The Morgan fingerprint density at radius 3 is 2.89 bits per heavy atom. The molecule has 0 amide bonds. The summed E-state index contributed by atoms with van der Waals surface area (Å²) in [6, 6.07) is 2.84. The fourth-order valence-electron chi connectivity index (χ4n) is 3.46. The average Bonchev–Trinajstić information content (AvgIpc) is 3.16. The summed E-state index contributed by atoms with van der Waals surface area (Å²) in [7, 11) is 0. The van der Waals surface area contributed by atoms with Crippen LogP contribution in [0, 0.1) is 5.82 Å². The molecule has 2 aliphatic rings. The van der Waals surface area contributed by atoms with Crippen LogP contribution in [0.4, 0.5) is 4.39 Å². The minimum atomic E-state index is -0.334. The van der Waals surface area contributed by atoms with Crippen LogP contribution in [0.2, 0.25) is 0 Å². The number of quaternary nitrogens is 1. The molecule has 0 saturated heterocycles. The van der Waals surface area contributed by atoms with Crippen LogP contribution in [-0.2, 0) is 13.0 Å². The van der Waals surface area contributed by atoms with Crippen LogP contribution in [0.1, 0.15) is 30.0 Å². The number of aromatic hydroxyl groups is 1. The van der Waals surface area contributed by atoms with Gasteiger partial charge in [-0.1, -0.05) is 0 Å². The third kappa shape index (κ3) is 1.66. The number of phenolic OH excluding ortho intramolecular Hbond substituents is 1.